The average molecular weight is 593 g/mol. The molecule has 0 radical (unpaired) electrons. The van der Waals surface area contributed by atoms with E-state index in [1.165, 1.54) is 28.1 Å². The van der Waals surface area contributed by atoms with Crippen LogP contribution < -0.4 is 4.74 Å². The minimum atomic E-state index is 0.0885. The lowest BCUT2D eigenvalue weighted by Crippen LogP contribution is -2.09. The number of pyridine rings is 1. The number of aliphatic imine (C=N–C) groups is 2. The van der Waals surface area contributed by atoms with Crippen molar-refractivity contribution in [2.75, 3.05) is 6.54 Å². The number of allylic oxidation sites excluding steroid dienone is 4. The molecule has 0 amide bonds. The van der Waals surface area contributed by atoms with Crippen LogP contribution in [-0.4, -0.2) is 34.3 Å². The summed E-state index contributed by atoms with van der Waals surface area (Å²) in [5.74, 6) is 1.14. The van der Waals surface area contributed by atoms with E-state index in [2.05, 4.69) is 69.6 Å². The Hall–Kier alpha value is -5.14. The van der Waals surface area contributed by atoms with Crippen molar-refractivity contribution in [2.24, 2.45) is 15.9 Å². The van der Waals surface area contributed by atoms with E-state index in [9.17, 15) is 4.79 Å². The van der Waals surface area contributed by atoms with Crippen LogP contribution >= 0.6 is 11.3 Å². The number of H-pyrrole nitrogens is 1. The molecule has 1 aliphatic heterocycles. The molecule has 8 rings (SSSR count). The summed E-state index contributed by atoms with van der Waals surface area (Å²) >= 11 is 1.53. The van der Waals surface area contributed by atoms with Crippen LogP contribution in [0.25, 0.3) is 26.9 Å². The van der Waals surface area contributed by atoms with Crippen LogP contribution in [0, 0.1) is 5.92 Å². The molecule has 2 aromatic carbocycles. The lowest BCUT2D eigenvalue weighted by Gasteiger charge is -2.10. The third-order valence-electron chi connectivity index (χ3n) is 8.37. The van der Waals surface area contributed by atoms with E-state index < -0.39 is 0 Å². The Morgan fingerprint density at radius 2 is 1.93 bits per heavy atom. The molecule has 3 aliphatic rings. The number of benzene rings is 2. The summed E-state index contributed by atoms with van der Waals surface area (Å²) < 4.78 is 6.10. The first-order chi connectivity index (χ1) is 21.6. The number of aromatic amines is 1. The number of nitrogens with one attached hydrogen (secondary N) is 1. The molecule has 1 atom stereocenters. The fraction of sp³-hybridized carbons (Fsp3) is 0.135. The molecule has 5 aromatic rings. The number of fused-ring (bicyclic) bond motifs is 3. The molecule has 2 aliphatic carbocycles. The van der Waals surface area contributed by atoms with Crippen LogP contribution in [0.5, 0.6) is 5.75 Å². The number of Topliss-reactive ketones (excluding diaryl/α,β-unsaturated/α-hetero) is 1. The van der Waals surface area contributed by atoms with Gasteiger partial charge < -0.3 is 9.72 Å². The molecule has 1 unspecified atom stereocenters. The highest BCUT2D eigenvalue weighted by Gasteiger charge is 2.40. The second-order valence-electron chi connectivity index (χ2n) is 11.3. The third-order valence-corrected chi connectivity index (χ3v) is 9.59. The first-order valence-electron chi connectivity index (χ1n) is 14.7. The van der Waals surface area contributed by atoms with Gasteiger partial charge in [0.15, 0.2) is 5.78 Å². The van der Waals surface area contributed by atoms with E-state index >= 15 is 0 Å². The van der Waals surface area contributed by atoms with Crippen LogP contribution in [-0.2, 0) is 6.61 Å². The highest BCUT2D eigenvalue weighted by molar-refractivity contribution is 7.17. The molecular weight excluding hydrogens is 565 g/mol. The van der Waals surface area contributed by atoms with Crippen molar-refractivity contribution >= 4 is 45.6 Å². The van der Waals surface area contributed by atoms with Crippen molar-refractivity contribution in [3.63, 3.8) is 0 Å². The topological polar surface area (TPSA) is 79.7 Å². The van der Waals surface area contributed by atoms with Crippen LogP contribution in [0.15, 0.2) is 124 Å². The van der Waals surface area contributed by atoms with Crippen molar-refractivity contribution in [1.29, 1.82) is 0 Å². The van der Waals surface area contributed by atoms with Crippen molar-refractivity contribution in [1.82, 2.24) is 9.97 Å². The van der Waals surface area contributed by atoms with E-state index in [1.54, 1.807) is 19.5 Å². The number of carbonyl (C=O) groups excluding carboxylic acids is 1. The van der Waals surface area contributed by atoms with Gasteiger partial charge in [-0.2, -0.15) is 0 Å². The molecular formula is C37H28N4O2S. The standard InChI is InChI=1S/C37H28N4O2S/c1-22(42)34-12-13-35(44-34)28-8-5-9-32-30(28)16-33(41-32)37-36-24(17-39-21-40-37)10-11-27(29-15-31(29)36)25-14-26(19-38-18-25)43-20-23-6-3-2-4-7-23/h2-14,16,18-19,21,29,41H,15,17,20H2,1H3. The van der Waals surface area contributed by atoms with Crippen molar-refractivity contribution < 1.29 is 9.53 Å². The summed E-state index contributed by atoms with van der Waals surface area (Å²) in [6.45, 7) is 2.69. The average Bonchev–Trinajstić information content (AvgIpc) is 3.54. The summed E-state index contributed by atoms with van der Waals surface area (Å²) in [6, 6.07) is 24.7. The van der Waals surface area contributed by atoms with Crippen LogP contribution in [0.3, 0.4) is 0 Å². The summed E-state index contributed by atoms with van der Waals surface area (Å²) in [5.41, 5.74) is 11.2. The SMILES string of the molecule is CC(=O)c1ccc(-c2cccc3[nH]c(C4=NC=NCC5=CC=C(c6cncc(OCc7ccccc7)c6)C6CC6=C54)cc23)s1. The Morgan fingerprint density at radius 3 is 2.80 bits per heavy atom. The largest absolute Gasteiger partial charge is 0.487 e. The zero-order valence-electron chi connectivity index (χ0n) is 24.1. The van der Waals surface area contributed by atoms with Crippen molar-refractivity contribution in [3.8, 4) is 16.2 Å². The number of ketones is 1. The van der Waals surface area contributed by atoms with Gasteiger partial charge in [0, 0.05) is 44.6 Å². The van der Waals surface area contributed by atoms with E-state index in [0.29, 0.717) is 19.1 Å². The number of carbonyl (C=O) groups is 1. The number of rotatable bonds is 7. The van der Waals surface area contributed by atoms with Gasteiger partial charge in [-0.1, -0.05) is 60.2 Å². The molecule has 3 aromatic heterocycles. The van der Waals surface area contributed by atoms with Crippen LogP contribution in [0.1, 0.15) is 39.8 Å². The highest BCUT2D eigenvalue weighted by Crippen LogP contribution is 2.53. The van der Waals surface area contributed by atoms with E-state index in [4.69, 9.17) is 9.73 Å². The maximum atomic E-state index is 12.0. The zero-order chi connectivity index (χ0) is 29.6. The fourth-order valence-corrected chi connectivity index (χ4v) is 7.08. The van der Waals surface area contributed by atoms with Gasteiger partial charge in [0.2, 0.25) is 0 Å². The number of thiophene rings is 1. The lowest BCUT2D eigenvalue weighted by molar-refractivity contribution is 0.102. The maximum Gasteiger partial charge on any atom is 0.169 e. The summed E-state index contributed by atoms with van der Waals surface area (Å²) in [6.07, 6.45) is 10.8. The fourth-order valence-electron chi connectivity index (χ4n) is 6.14. The van der Waals surface area contributed by atoms with Gasteiger partial charge in [-0.15, -0.1) is 11.3 Å². The number of hydrogen-bond acceptors (Lipinski definition) is 6. The third kappa shape index (κ3) is 4.85. The zero-order valence-corrected chi connectivity index (χ0v) is 24.9. The number of aromatic nitrogens is 2. The highest BCUT2D eigenvalue weighted by atomic mass is 32.1. The molecule has 44 heavy (non-hydrogen) atoms. The Kier molecular flexibility index (Phi) is 6.53. The van der Waals surface area contributed by atoms with Gasteiger partial charge in [-0.05, 0) is 60.4 Å². The van der Waals surface area contributed by atoms with Crippen molar-refractivity contribution in [2.45, 2.75) is 20.0 Å². The Labute approximate surface area is 258 Å². The van der Waals surface area contributed by atoms with E-state index in [0.717, 1.165) is 66.5 Å². The number of hydrogen-bond donors (Lipinski definition) is 1. The second kappa shape index (κ2) is 10.8. The van der Waals surface area contributed by atoms with Gasteiger partial charge in [-0.25, -0.2) is 4.99 Å². The van der Waals surface area contributed by atoms with E-state index in [1.807, 2.05) is 36.5 Å². The second-order valence-corrected chi connectivity index (χ2v) is 12.3. The van der Waals surface area contributed by atoms with Gasteiger partial charge in [-0.3, -0.25) is 14.8 Å². The van der Waals surface area contributed by atoms with Gasteiger partial charge in [0.05, 0.1) is 29.0 Å². The summed E-state index contributed by atoms with van der Waals surface area (Å²) in [7, 11) is 0. The normalized spacial score (nSPS) is 17.2. The Balaban J connectivity index is 1.12. The number of nitrogens with zero attached hydrogens (tertiary/aromatic N) is 3. The molecule has 4 heterocycles. The predicted octanol–water partition coefficient (Wildman–Crippen LogP) is 8.24. The van der Waals surface area contributed by atoms with Crippen LogP contribution in [0.2, 0.25) is 0 Å². The molecule has 214 valence electrons. The van der Waals surface area contributed by atoms with Crippen molar-refractivity contribution in [3.05, 3.63) is 136 Å². The number of ether oxygens (including phenoxy) is 1. The molecule has 0 bridgehead atoms. The quantitative estimate of drug-likeness (QED) is 0.193. The molecule has 1 saturated carbocycles. The molecule has 0 spiro atoms. The lowest BCUT2D eigenvalue weighted by atomic mass is 9.97. The minimum absolute atomic E-state index is 0.0885. The molecule has 1 N–H and O–H groups in total. The maximum absolute atomic E-state index is 12.0. The smallest absolute Gasteiger partial charge is 0.169 e. The summed E-state index contributed by atoms with van der Waals surface area (Å²) in [5, 5.41) is 1.11. The molecule has 6 nitrogen and oxygen atoms in total. The molecule has 7 heteroatoms. The minimum Gasteiger partial charge on any atom is -0.487 e. The van der Waals surface area contributed by atoms with E-state index in [-0.39, 0.29) is 5.78 Å². The van der Waals surface area contributed by atoms with Gasteiger partial charge in [0.25, 0.3) is 0 Å². The summed E-state index contributed by atoms with van der Waals surface area (Å²) in [4.78, 5) is 31.5. The first-order valence-corrected chi connectivity index (χ1v) is 15.5. The van der Waals surface area contributed by atoms with Gasteiger partial charge >= 0.3 is 0 Å². The monoisotopic (exact) mass is 592 g/mol. The van der Waals surface area contributed by atoms with Gasteiger partial charge in [0.1, 0.15) is 18.7 Å². The van der Waals surface area contributed by atoms with Crippen LogP contribution in [0.4, 0.5) is 0 Å². The molecule has 0 saturated heterocycles. The Morgan fingerprint density at radius 1 is 1.02 bits per heavy atom. The predicted molar refractivity (Wildman–Crippen MR) is 178 cm³/mol. The molecule has 1 fully saturated rings. The first kappa shape index (κ1) is 26.5. The Bertz CT molecular complexity index is 2110.